The van der Waals surface area contributed by atoms with E-state index >= 15 is 0 Å². The molecule has 13 heavy (non-hydrogen) atoms. The molecule has 0 bridgehead atoms. The lowest BCUT2D eigenvalue weighted by Gasteiger charge is -2.20. The number of methoxy groups -OCH3 is 1. The van der Waals surface area contributed by atoms with Crippen molar-refractivity contribution in [1.29, 1.82) is 0 Å². The molecule has 0 radical (unpaired) electrons. The van der Waals surface area contributed by atoms with Crippen LogP contribution < -0.4 is 5.32 Å². The van der Waals surface area contributed by atoms with E-state index in [-0.39, 0.29) is 5.97 Å². The molecule has 0 aromatic heterocycles. The Morgan fingerprint density at radius 1 is 1.54 bits per heavy atom. The summed E-state index contributed by atoms with van der Waals surface area (Å²) in [5.74, 6) is -0.216. The Morgan fingerprint density at radius 3 is 2.62 bits per heavy atom. The average Bonchev–Trinajstić information content (AvgIpc) is 2.11. The van der Waals surface area contributed by atoms with Crippen LogP contribution in [0.25, 0.3) is 0 Å². The molecular weight excluding hydrogens is 168 g/mol. The van der Waals surface area contributed by atoms with Crippen molar-refractivity contribution in [3.8, 4) is 0 Å². The Hall–Kier alpha value is -0.610. The molecule has 78 valence electrons. The van der Waals surface area contributed by atoms with E-state index in [4.69, 9.17) is 0 Å². The number of nitrogens with zero attached hydrogens (tertiary/aromatic N) is 1. The van der Waals surface area contributed by atoms with Crippen LogP contribution in [-0.2, 0) is 9.53 Å². The number of carbonyl (C=O) groups excluding carboxylic acids is 1. The predicted octanol–water partition coefficient (Wildman–Crippen LogP) is 0.0892. The van der Waals surface area contributed by atoms with E-state index in [0.29, 0.717) is 12.6 Å². The molecule has 0 amide bonds. The van der Waals surface area contributed by atoms with E-state index in [1.165, 1.54) is 7.11 Å². The summed E-state index contributed by atoms with van der Waals surface area (Å²) in [4.78, 5) is 12.9. The summed E-state index contributed by atoms with van der Waals surface area (Å²) in [6, 6.07) is 0.542. The van der Waals surface area contributed by atoms with Crippen LogP contribution in [0.1, 0.15) is 13.8 Å². The maximum atomic E-state index is 10.7. The molecular formula is C9H20N2O2. The van der Waals surface area contributed by atoms with Crippen LogP contribution in [0.4, 0.5) is 0 Å². The van der Waals surface area contributed by atoms with Gasteiger partial charge in [-0.15, -0.1) is 0 Å². The van der Waals surface area contributed by atoms with Gasteiger partial charge in [0.2, 0.25) is 0 Å². The Kier molecular flexibility index (Phi) is 6.54. The van der Waals surface area contributed by atoms with Gasteiger partial charge in [0.1, 0.15) is 0 Å². The van der Waals surface area contributed by atoms with Crippen LogP contribution in [-0.4, -0.2) is 50.7 Å². The third-order valence-corrected chi connectivity index (χ3v) is 2.02. The molecule has 0 aliphatic heterocycles. The van der Waals surface area contributed by atoms with Gasteiger partial charge < -0.3 is 15.0 Å². The van der Waals surface area contributed by atoms with Gasteiger partial charge in [0.15, 0.2) is 0 Å². The van der Waals surface area contributed by atoms with Crippen molar-refractivity contribution in [3.05, 3.63) is 0 Å². The minimum atomic E-state index is -0.216. The van der Waals surface area contributed by atoms with Gasteiger partial charge in [0.25, 0.3) is 0 Å². The Balaban J connectivity index is 3.30. The number of esters is 1. The van der Waals surface area contributed by atoms with Gasteiger partial charge in [-0.3, -0.25) is 4.79 Å². The Morgan fingerprint density at radius 2 is 2.15 bits per heavy atom. The minimum absolute atomic E-state index is 0.216. The van der Waals surface area contributed by atoms with Crippen molar-refractivity contribution in [3.63, 3.8) is 0 Å². The van der Waals surface area contributed by atoms with Crippen molar-refractivity contribution in [2.75, 3.05) is 33.8 Å². The molecule has 0 rings (SSSR count). The zero-order valence-corrected chi connectivity index (χ0v) is 8.96. The number of carbonyl (C=O) groups is 1. The minimum Gasteiger partial charge on any atom is -0.468 e. The predicted molar refractivity (Wildman–Crippen MR) is 52.7 cm³/mol. The maximum Gasteiger partial charge on any atom is 0.319 e. The summed E-state index contributed by atoms with van der Waals surface area (Å²) in [5, 5.41) is 3.01. The first-order valence-corrected chi connectivity index (χ1v) is 4.55. The van der Waals surface area contributed by atoms with Gasteiger partial charge in [-0.05, 0) is 20.9 Å². The van der Waals surface area contributed by atoms with Crippen LogP contribution in [0.2, 0.25) is 0 Å². The maximum absolute atomic E-state index is 10.7. The highest BCUT2D eigenvalue weighted by Crippen LogP contribution is 1.90. The van der Waals surface area contributed by atoms with Gasteiger partial charge >= 0.3 is 5.97 Å². The second kappa shape index (κ2) is 6.86. The molecule has 0 atom stereocenters. The second-order valence-corrected chi connectivity index (χ2v) is 3.33. The van der Waals surface area contributed by atoms with Gasteiger partial charge in [0, 0.05) is 19.1 Å². The molecule has 0 spiro atoms. The number of likely N-dealkylation sites (N-methyl/N-ethyl adjacent to an activating group) is 1. The zero-order valence-electron chi connectivity index (χ0n) is 8.96. The van der Waals surface area contributed by atoms with Crippen LogP contribution in [0.3, 0.4) is 0 Å². The first-order chi connectivity index (χ1) is 6.07. The van der Waals surface area contributed by atoms with E-state index in [2.05, 4.69) is 35.8 Å². The smallest absolute Gasteiger partial charge is 0.319 e. The fourth-order valence-electron chi connectivity index (χ4n) is 0.776. The quantitative estimate of drug-likeness (QED) is 0.474. The average molecular weight is 188 g/mol. The zero-order chi connectivity index (χ0) is 10.3. The Bertz CT molecular complexity index is 149. The molecule has 0 aliphatic carbocycles. The van der Waals surface area contributed by atoms with Crippen LogP contribution in [0.15, 0.2) is 0 Å². The molecule has 0 heterocycles. The van der Waals surface area contributed by atoms with Crippen LogP contribution in [0, 0.1) is 0 Å². The number of ether oxygens (including phenoxy) is 1. The molecule has 4 heteroatoms. The van der Waals surface area contributed by atoms with Crippen molar-refractivity contribution in [1.82, 2.24) is 10.2 Å². The van der Waals surface area contributed by atoms with Gasteiger partial charge in [-0.1, -0.05) is 0 Å². The molecule has 0 aliphatic rings. The highest BCUT2D eigenvalue weighted by atomic mass is 16.5. The van der Waals surface area contributed by atoms with Crippen LogP contribution in [0.5, 0.6) is 0 Å². The lowest BCUT2D eigenvalue weighted by molar-refractivity contribution is -0.139. The first kappa shape index (κ1) is 12.4. The van der Waals surface area contributed by atoms with Gasteiger partial charge in [-0.2, -0.15) is 0 Å². The second-order valence-electron chi connectivity index (χ2n) is 3.33. The summed E-state index contributed by atoms with van der Waals surface area (Å²) in [6.45, 7) is 6.32. The van der Waals surface area contributed by atoms with Gasteiger partial charge in [-0.25, -0.2) is 0 Å². The number of hydrogen-bond acceptors (Lipinski definition) is 4. The molecule has 0 aromatic rings. The van der Waals surface area contributed by atoms with E-state index in [9.17, 15) is 4.79 Å². The number of rotatable bonds is 6. The summed E-state index contributed by atoms with van der Waals surface area (Å²) in [7, 11) is 3.45. The van der Waals surface area contributed by atoms with Crippen molar-refractivity contribution < 1.29 is 9.53 Å². The molecule has 0 fully saturated rings. The molecule has 0 unspecified atom stereocenters. The highest BCUT2D eigenvalue weighted by Gasteiger charge is 2.02. The molecule has 0 saturated carbocycles. The third-order valence-electron chi connectivity index (χ3n) is 2.02. The van der Waals surface area contributed by atoms with Crippen molar-refractivity contribution in [2.45, 2.75) is 19.9 Å². The van der Waals surface area contributed by atoms with E-state index in [1.54, 1.807) is 0 Å². The summed E-state index contributed by atoms with van der Waals surface area (Å²) in [5.41, 5.74) is 0. The summed E-state index contributed by atoms with van der Waals surface area (Å²) < 4.78 is 4.49. The SMILES string of the molecule is COC(=O)CNCCN(C)C(C)C. The molecule has 4 nitrogen and oxygen atoms in total. The normalized spacial score (nSPS) is 10.9. The number of hydrogen-bond donors (Lipinski definition) is 1. The lowest BCUT2D eigenvalue weighted by Crippen LogP contribution is -2.35. The Labute approximate surface area is 80.2 Å². The van der Waals surface area contributed by atoms with E-state index in [1.807, 2.05) is 0 Å². The summed E-state index contributed by atoms with van der Waals surface area (Å²) >= 11 is 0. The van der Waals surface area contributed by atoms with Crippen molar-refractivity contribution >= 4 is 5.97 Å². The largest absolute Gasteiger partial charge is 0.468 e. The fraction of sp³-hybridized carbons (Fsp3) is 0.889. The summed E-state index contributed by atoms with van der Waals surface area (Å²) in [6.07, 6.45) is 0. The standard InChI is InChI=1S/C9H20N2O2/c1-8(2)11(3)6-5-10-7-9(12)13-4/h8,10H,5-7H2,1-4H3. The topological polar surface area (TPSA) is 41.6 Å². The van der Waals surface area contributed by atoms with Gasteiger partial charge in [0.05, 0.1) is 13.7 Å². The fourth-order valence-corrected chi connectivity index (χ4v) is 0.776. The first-order valence-electron chi connectivity index (χ1n) is 4.55. The lowest BCUT2D eigenvalue weighted by atomic mass is 10.3. The molecule has 0 saturated heterocycles. The van der Waals surface area contributed by atoms with Crippen LogP contribution >= 0.6 is 0 Å². The van der Waals surface area contributed by atoms with E-state index < -0.39 is 0 Å². The molecule has 1 N–H and O–H groups in total. The monoisotopic (exact) mass is 188 g/mol. The van der Waals surface area contributed by atoms with E-state index in [0.717, 1.165) is 13.1 Å². The molecule has 0 aromatic carbocycles. The third kappa shape index (κ3) is 6.54. The number of nitrogens with one attached hydrogen (secondary N) is 1. The van der Waals surface area contributed by atoms with Crippen molar-refractivity contribution in [2.24, 2.45) is 0 Å². The highest BCUT2D eigenvalue weighted by molar-refractivity contribution is 5.71.